The van der Waals surface area contributed by atoms with Gasteiger partial charge in [0.2, 0.25) is 0 Å². The van der Waals surface area contributed by atoms with Crippen molar-refractivity contribution in [2.24, 2.45) is 0 Å². The molecular weight excluding hydrogens is 200 g/mol. The van der Waals surface area contributed by atoms with Crippen LogP contribution in [0.3, 0.4) is 0 Å². The second kappa shape index (κ2) is 4.61. The molecule has 0 saturated heterocycles. The van der Waals surface area contributed by atoms with Crippen molar-refractivity contribution in [1.29, 1.82) is 0 Å². The van der Waals surface area contributed by atoms with Crippen molar-refractivity contribution in [2.45, 2.75) is 13.5 Å². The molecule has 0 amide bonds. The van der Waals surface area contributed by atoms with Gasteiger partial charge in [0.15, 0.2) is 0 Å². The monoisotopic (exact) mass is 214 g/mol. The molecule has 2 aromatic heterocycles. The molecule has 4 nitrogen and oxygen atoms in total. The van der Waals surface area contributed by atoms with Crippen LogP contribution in [0.2, 0.25) is 0 Å². The molecule has 0 spiro atoms. The van der Waals surface area contributed by atoms with Gasteiger partial charge in [-0.1, -0.05) is 6.07 Å². The van der Waals surface area contributed by atoms with E-state index in [0.717, 1.165) is 12.4 Å². The number of nitrogen functional groups attached to an aromatic ring is 1. The van der Waals surface area contributed by atoms with Crippen LogP contribution in [-0.4, -0.2) is 9.97 Å². The summed E-state index contributed by atoms with van der Waals surface area (Å²) >= 11 is 0. The van der Waals surface area contributed by atoms with Crippen molar-refractivity contribution in [2.75, 3.05) is 11.1 Å². The van der Waals surface area contributed by atoms with Crippen LogP contribution in [0, 0.1) is 6.92 Å². The predicted octanol–water partition coefficient (Wildman–Crippen LogP) is 1.98. The van der Waals surface area contributed by atoms with Gasteiger partial charge in [-0.05, 0) is 36.2 Å². The van der Waals surface area contributed by atoms with Gasteiger partial charge in [0.1, 0.15) is 11.6 Å². The minimum Gasteiger partial charge on any atom is -0.384 e. The zero-order valence-electron chi connectivity index (χ0n) is 9.14. The predicted molar refractivity (Wildman–Crippen MR) is 65.0 cm³/mol. The van der Waals surface area contributed by atoms with E-state index in [1.807, 2.05) is 31.3 Å². The van der Waals surface area contributed by atoms with Crippen molar-refractivity contribution >= 4 is 11.6 Å². The molecule has 0 aliphatic carbocycles. The van der Waals surface area contributed by atoms with Gasteiger partial charge in [0.05, 0.1) is 0 Å². The lowest BCUT2D eigenvalue weighted by molar-refractivity contribution is 1.07. The Hall–Kier alpha value is -2.10. The van der Waals surface area contributed by atoms with E-state index in [9.17, 15) is 0 Å². The fourth-order valence-electron chi connectivity index (χ4n) is 1.44. The zero-order valence-corrected chi connectivity index (χ0v) is 9.14. The molecule has 0 aliphatic rings. The fraction of sp³-hybridized carbons (Fsp3) is 0.167. The van der Waals surface area contributed by atoms with Gasteiger partial charge in [-0.2, -0.15) is 0 Å². The van der Waals surface area contributed by atoms with Crippen molar-refractivity contribution in [3.63, 3.8) is 0 Å². The summed E-state index contributed by atoms with van der Waals surface area (Å²) in [5.41, 5.74) is 7.97. The highest BCUT2D eigenvalue weighted by atomic mass is 15.0. The minimum absolute atomic E-state index is 0.524. The molecule has 2 rings (SSSR count). The highest BCUT2D eigenvalue weighted by Crippen LogP contribution is 2.10. The van der Waals surface area contributed by atoms with E-state index < -0.39 is 0 Å². The Morgan fingerprint density at radius 2 is 2.19 bits per heavy atom. The highest BCUT2D eigenvalue weighted by Gasteiger charge is 1.98. The molecule has 82 valence electrons. The SMILES string of the molecule is Cc1cnccc1CNc1cccc(N)n1. The van der Waals surface area contributed by atoms with Gasteiger partial charge < -0.3 is 11.1 Å². The smallest absolute Gasteiger partial charge is 0.128 e. The van der Waals surface area contributed by atoms with Crippen molar-refractivity contribution in [3.8, 4) is 0 Å². The summed E-state index contributed by atoms with van der Waals surface area (Å²) in [6.07, 6.45) is 3.64. The average Bonchev–Trinajstić information content (AvgIpc) is 2.28. The maximum Gasteiger partial charge on any atom is 0.128 e. The van der Waals surface area contributed by atoms with E-state index in [-0.39, 0.29) is 0 Å². The molecule has 0 atom stereocenters. The van der Waals surface area contributed by atoms with Gasteiger partial charge in [0, 0.05) is 18.9 Å². The Morgan fingerprint density at radius 3 is 2.94 bits per heavy atom. The van der Waals surface area contributed by atoms with E-state index in [4.69, 9.17) is 5.73 Å². The lowest BCUT2D eigenvalue weighted by Gasteiger charge is -2.07. The van der Waals surface area contributed by atoms with Crippen LogP contribution in [0.4, 0.5) is 11.6 Å². The summed E-state index contributed by atoms with van der Waals surface area (Å²) in [4.78, 5) is 8.22. The number of nitrogens with zero attached hydrogens (tertiary/aromatic N) is 2. The second-order valence-corrected chi connectivity index (χ2v) is 3.60. The van der Waals surface area contributed by atoms with Gasteiger partial charge in [-0.3, -0.25) is 4.98 Å². The number of aryl methyl sites for hydroxylation is 1. The molecule has 2 aromatic rings. The number of aromatic nitrogens is 2. The molecule has 16 heavy (non-hydrogen) atoms. The Balaban J connectivity index is 2.05. The molecule has 0 saturated carbocycles. The number of nitrogens with one attached hydrogen (secondary N) is 1. The second-order valence-electron chi connectivity index (χ2n) is 3.60. The summed E-state index contributed by atoms with van der Waals surface area (Å²) in [5, 5.41) is 3.22. The van der Waals surface area contributed by atoms with E-state index >= 15 is 0 Å². The average molecular weight is 214 g/mol. The third-order valence-electron chi connectivity index (χ3n) is 2.37. The molecule has 0 unspecified atom stereocenters. The molecule has 0 fully saturated rings. The van der Waals surface area contributed by atoms with E-state index in [2.05, 4.69) is 15.3 Å². The number of hydrogen-bond acceptors (Lipinski definition) is 4. The molecular formula is C12H14N4. The summed E-state index contributed by atoms with van der Waals surface area (Å²) < 4.78 is 0. The molecule has 0 aromatic carbocycles. The Kier molecular flexibility index (Phi) is 3.00. The molecule has 0 radical (unpaired) electrons. The first-order valence-electron chi connectivity index (χ1n) is 5.11. The van der Waals surface area contributed by atoms with Crippen LogP contribution >= 0.6 is 0 Å². The third kappa shape index (κ3) is 2.48. The molecule has 0 aliphatic heterocycles. The normalized spacial score (nSPS) is 10.1. The standard InChI is InChI=1S/C12H14N4/c1-9-7-14-6-5-10(9)8-15-12-4-2-3-11(13)16-12/h2-7H,8H2,1H3,(H3,13,15,16). The summed E-state index contributed by atoms with van der Waals surface area (Å²) in [5.74, 6) is 1.31. The van der Waals surface area contributed by atoms with Gasteiger partial charge in [-0.15, -0.1) is 0 Å². The maximum atomic E-state index is 5.60. The van der Waals surface area contributed by atoms with Crippen molar-refractivity contribution < 1.29 is 0 Å². The van der Waals surface area contributed by atoms with Gasteiger partial charge in [-0.25, -0.2) is 4.98 Å². The van der Waals surface area contributed by atoms with Gasteiger partial charge >= 0.3 is 0 Å². The topological polar surface area (TPSA) is 63.8 Å². The molecule has 2 heterocycles. The van der Waals surface area contributed by atoms with Gasteiger partial charge in [0.25, 0.3) is 0 Å². The lowest BCUT2D eigenvalue weighted by Crippen LogP contribution is -2.04. The number of pyridine rings is 2. The first kappa shape index (κ1) is 10.4. The first-order valence-corrected chi connectivity index (χ1v) is 5.11. The van der Waals surface area contributed by atoms with Crippen LogP contribution in [0.25, 0.3) is 0 Å². The van der Waals surface area contributed by atoms with Crippen molar-refractivity contribution in [1.82, 2.24) is 9.97 Å². The van der Waals surface area contributed by atoms with Crippen LogP contribution in [0.5, 0.6) is 0 Å². The summed E-state index contributed by atoms with van der Waals surface area (Å²) in [7, 11) is 0. The third-order valence-corrected chi connectivity index (χ3v) is 2.37. The summed E-state index contributed by atoms with van der Waals surface area (Å²) in [6.45, 7) is 2.77. The van der Waals surface area contributed by atoms with Crippen LogP contribution in [0.1, 0.15) is 11.1 Å². The van der Waals surface area contributed by atoms with Crippen LogP contribution in [0.15, 0.2) is 36.7 Å². The minimum atomic E-state index is 0.524. The quantitative estimate of drug-likeness (QED) is 0.820. The molecule has 0 bridgehead atoms. The van der Waals surface area contributed by atoms with Crippen LogP contribution in [-0.2, 0) is 6.54 Å². The largest absolute Gasteiger partial charge is 0.384 e. The molecule has 3 N–H and O–H groups in total. The number of rotatable bonds is 3. The molecule has 4 heteroatoms. The number of nitrogens with two attached hydrogens (primary N) is 1. The first-order chi connectivity index (χ1) is 7.75. The van der Waals surface area contributed by atoms with E-state index in [0.29, 0.717) is 5.82 Å². The number of hydrogen-bond donors (Lipinski definition) is 2. The van der Waals surface area contributed by atoms with E-state index in [1.54, 1.807) is 12.3 Å². The Morgan fingerprint density at radius 1 is 1.31 bits per heavy atom. The maximum absolute atomic E-state index is 5.60. The van der Waals surface area contributed by atoms with E-state index in [1.165, 1.54) is 11.1 Å². The summed E-state index contributed by atoms with van der Waals surface area (Å²) in [6, 6.07) is 7.54. The zero-order chi connectivity index (χ0) is 11.4. The van der Waals surface area contributed by atoms with Crippen molar-refractivity contribution in [3.05, 3.63) is 47.8 Å². The lowest BCUT2D eigenvalue weighted by atomic mass is 10.1. The fourth-order valence-corrected chi connectivity index (χ4v) is 1.44. The Bertz CT molecular complexity index is 482. The number of anilines is 2. The Labute approximate surface area is 94.5 Å². The highest BCUT2D eigenvalue weighted by molar-refractivity contribution is 5.43. The van der Waals surface area contributed by atoms with Crippen LogP contribution < -0.4 is 11.1 Å².